The van der Waals surface area contributed by atoms with Crippen LogP contribution in [0.4, 0.5) is 0 Å². The molecule has 0 aliphatic carbocycles. The molecule has 2 heterocycles. The van der Waals surface area contributed by atoms with Gasteiger partial charge in [0.1, 0.15) is 13.7 Å². The van der Waals surface area contributed by atoms with E-state index in [0.29, 0.717) is 0 Å². The van der Waals surface area contributed by atoms with Crippen molar-refractivity contribution in [2.45, 2.75) is 32.5 Å². The monoisotopic (exact) mass is 242 g/mol. The van der Waals surface area contributed by atoms with Crippen LogP contribution in [0.3, 0.4) is 0 Å². The molecule has 0 spiro atoms. The van der Waals surface area contributed by atoms with E-state index in [2.05, 4.69) is 46.7 Å². The molecule has 0 aliphatic heterocycles. The molecule has 2 nitrogen and oxygen atoms in total. The van der Waals surface area contributed by atoms with E-state index in [4.69, 9.17) is 0 Å². The molecule has 0 saturated carbocycles. The molecule has 0 N–H and O–H groups in total. The zero-order valence-corrected chi connectivity index (χ0v) is 11.7. The molecule has 2 aromatic rings. The fourth-order valence-corrected chi connectivity index (χ4v) is 2.28. The number of hydrogen-bond acceptors (Lipinski definition) is 1. The van der Waals surface area contributed by atoms with Crippen molar-refractivity contribution >= 4 is 13.7 Å². The molecule has 0 fully saturated rings. The van der Waals surface area contributed by atoms with Crippen LogP contribution >= 0.6 is 0 Å². The summed E-state index contributed by atoms with van der Waals surface area (Å²) in [7, 11) is -1.21. The topological polar surface area (TPSA) is 17.3 Å². The van der Waals surface area contributed by atoms with Crippen molar-refractivity contribution in [1.82, 2.24) is 9.38 Å². The third-order valence-corrected chi connectivity index (χ3v) is 3.31. The van der Waals surface area contributed by atoms with Crippen LogP contribution in [0.25, 0.3) is 5.65 Å². The van der Waals surface area contributed by atoms with Gasteiger partial charge >= 0.3 is 0 Å². The highest BCUT2D eigenvalue weighted by Gasteiger charge is 2.07. The van der Waals surface area contributed by atoms with Crippen LogP contribution in [0.5, 0.6) is 0 Å². The summed E-state index contributed by atoms with van der Waals surface area (Å²) >= 11 is 0. The van der Waals surface area contributed by atoms with E-state index in [1.807, 2.05) is 24.4 Å². The number of nitrogens with zero attached hydrogens (tertiary/aromatic N) is 2. The standard InChI is InChI=1S/C14H18N2Si/c1-17(2,3)11-7-5-8-13-12-16-10-6-4-9-14(16)15-13/h4,6,9-10,12H,5,8H2,1-3H3. The van der Waals surface area contributed by atoms with Crippen LogP contribution < -0.4 is 0 Å². The normalized spacial score (nSPS) is 11.2. The number of aryl methyl sites for hydroxylation is 1. The zero-order chi connectivity index (χ0) is 12.3. The van der Waals surface area contributed by atoms with Crippen LogP contribution in [-0.2, 0) is 6.42 Å². The molecule has 17 heavy (non-hydrogen) atoms. The highest BCUT2D eigenvalue weighted by Crippen LogP contribution is 2.06. The van der Waals surface area contributed by atoms with Crippen molar-refractivity contribution in [1.29, 1.82) is 0 Å². The molecule has 0 amide bonds. The predicted molar refractivity (Wildman–Crippen MR) is 74.6 cm³/mol. The molecular formula is C14H18N2Si. The van der Waals surface area contributed by atoms with E-state index >= 15 is 0 Å². The van der Waals surface area contributed by atoms with Gasteiger partial charge in [-0.05, 0) is 12.1 Å². The third-order valence-electron chi connectivity index (χ3n) is 2.38. The molecule has 2 rings (SSSR count). The fourth-order valence-electron chi connectivity index (χ4n) is 1.63. The zero-order valence-electron chi connectivity index (χ0n) is 10.7. The van der Waals surface area contributed by atoms with E-state index in [9.17, 15) is 0 Å². The van der Waals surface area contributed by atoms with Gasteiger partial charge in [0.2, 0.25) is 0 Å². The number of pyridine rings is 1. The molecule has 3 heteroatoms. The third kappa shape index (κ3) is 3.47. The highest BCUT2D eigenvalue weighted by atomic mass is 28.3. The Labute approximate surface area is 104 Å². The molecular weight excluding hydrogens is 224 g/mol. The molecule has 0 aromatic carbocycles. The molecule has 88 valence electrons. The van der Waals surface area contributed by atoms with E-state index in [1.54, 1.807) is 0 Å². The van der Waals surface area contributed by atoms with Crippen molar-refractivity contribution in [3.8, 4) is 11.5 Å². The van der Waals surface area contributed by atoms with Gasteiger partial charge in [-0.1, -0.05) is 25.7 Å². The van der Waals surface area contributed by atoms with Crippen LogP contribution in [0.15, 0.2) is 30.6 Å². The molecule has 0 unspecified atom stereocenters. The summed E-state index contributed by atoms with van der Waals surface area (Å²) in [5.41, 5.74) is 5.52. The summed E-state index contributed by atoms with van der Waals surface area (Å²) in [6.45, 7) is 6.81. The van der Waals surface area contributed by atoms with Gasteiger partial charge in [0.25, 0.3) is 0 Å². The average Bonchev–Trinajstić information content (AvgIpc) is 2.65. The Hall–Kier alpha value is -1.53. The van der Waals surface area contributed by atoms with Crippen LogP contribution in [-0.4, -0.2) is 17.5 Å². The summed E-state index contributed by atoms with van der Waals surface area (Å²) in [6, 6.07) is 6.05. The van der Waals surface area contributed by atoms with Gasteiger partial charge in [0.15, 0.2) is 0 Å². The van der Waals surface area contributed by atoms with Gasteiger partial charge in [0.05, 0.1) is 5.69 Å². The second kappa shape index (κ2) is 4.76. The Balaban J connectivity index is 2.02. The maximum absolute atomic E-state index is 4.55. The summed E-state index contributed by atoms with van der Waals surface area (Å²) in [4.78, 5) is 4.55. The first-order valence-corrected chi connectivity index (χ1v) is 9.47. The SMILES string of the molecule is C[Si](C)(C)C#CCCc1cn2ccccc2n1. The van der Waals surface area contributed by atoms with Gasteiger partial charge in [-0.3, -0.25) is 0 Å². The molecule has 0 bridgehead atoms. The number of hydrogen-bond donors (Lipinski definition) is 0. The Morgan fingerprint density at radius 3 is 2.82 bits per heavy atom. The minimum atomic E-state index is -1.21. The van der Waals surface area contributed by atoms with Gasteiger partial charge in [-0.25, -0.2) is 4.98 Å². The van der Waals surface area contributed by atoms with E-state index in [1.165, 1.54) is 0 Å². The lowest BCUT2D eigenvalue weighted by Gasteiger charge is -2.02. The van der Waals surface area contributed by atoms with E-state index in [-0.39, 0.29) is 0 Å². The van der Waals surface area contributed by atoms with Crippen LogP contribution in [0.2, 0.25) is 19.6 Å². The Morgan fingerprint density at radius 1 is 1.29 bits per heavy atom. The fraction of sp³-hybridized carbons (Fsp3) is 0.357. The lowest BCUT2D eigenvalue weighted by atomic mass is 10.3. The number of imidazole rings is 1. The van der Waals surface area contributed by atoms with E-state index < -0.39 is 8.07 Å². The molecule has 2 aromatic heterocycles. The van der Waals surface area contributed by atoms with Crippen molar-refractivity contribution in [2.24, 2.45) is 0 Å². The first-order chi connectivity index (χ1) is 8.04. The summed E-state index contributed by atoms with van der Waals surface area (Å²) < 4.78 is 2.06. The average molecular weight is 242 g/mol. The maximum atomic E-state index is 4.55. The lowest BCUT2D eigenvalue weighted by molar-refractivity contribution is 0.983. The van der Waals surface area contributed by atoms with Crippen LogP contribution in [0, 0.1) is 11.5 Å². The van der Waals surface area contributed by atoms with Gasteiger partial charge < -0.3 is 4.40 Å². The minimum absolute atomic E-state index is 0.911. The Morgan fingerprint density at radius 2 is 2.12 bits per heavy atom. The molecule has 0 atom stereocenters. The Kier molecular flexibility index (Phi) is 3.35. The minimum Gasteiger partial charge on any atom is -0.307 e. The Bertz CT molecular complexity index is 534. The van der Waals surface area contributed by atoms with Crippen molar-refractivity contribution in [3.63, 3.8) is 0 Å². The first kappa shape index (κ1) is 11.9. The highest BCUT2D eigenvalue weighted by molar-refractivity contribution is 6.83. The maximum Gasteiger partial charge on any atom is 0.136 e. The lowest BCUT2D eigenvalue weighted by Crippen LogP contribution is -2.16. The molecule has 0 saturated heterocycles. The summed E-state index contributed by atoms with van der Waals surface area (Å²) in [5, 5.41) is 0. The molecule has 0 radical (unpaired) electrons. The predicted octanol–water partition coefficient (Wildman–Crippen LogP) is 3.15. The van der Waals surface area contributed by atoms with Crippen LogP contribution in [0.1, 0.15) is 12.1 Å². The van der Waals surface area contributed by atoms with Gasteiger partial charge in [-0.2, -0.15) is 0 Å². The van der Waals surface area contributed by atoms with Gasteiger partial charge in [0, 0.05) is 25.2 Å². The van der Waals surface area contributed by atoms with Crippen molar-refractivity contribution in [2.75, 3.05) is 0 Å². The molecule has 0 aliphatic rings. The summed E-state index contributed by atoms with van der Waals surface area (Å²) in [6.07, 6.45) is 5.97. The summed E-state index contributed by atoms with van der Waals surface area (Å²) in [5.74, 6) is 3.28. The number of fused-ring (bicyclic) bond motifs is 1. The smallest absolute Gasteiger partial charge is 0.136 e. The van der Waals surface area contributed by atoms with E-state index in [0.717, 1.165) is 24.2 Å². The first-order valence-electron chi connectivity index (χ1n) is 5.97. The second-order valence-corrected chi connectivity index (χ2v) is 10.0. The van der Waals surface area contributed by atoms with Crippen molar-refractivity contribution in [3.05, 3.63) is 36.3 Å². The number of rotatable bonds is 2. The second-order valence-electron chi connectivity index (χ2n) is 5.25. The van der Waals surface area contributed by atoms with Crippen molar-refractivity contribution < 1.29 is 0 Å². The van der Waals surface area contributed by atoms with Gasteiger partial charge in [-0.15, -0.1) is 11.5 Å². The number of aromatic nitrogens is 2. The quantitative estimate of drug-likeness (QED) is 0.584. The largest absolute Gasteiger partial charge is 0.307 e.